The largest absolute Gasteiger partial charge is 0.134 e. The molecule has 0 spiro atoms. The van der Waals surface area contributed by atoms with Crippen LogP contribution < -0.4 is 0 Å². The Hall–Kier alpha value is -5.24. The summed E-state index contributed by atoms with van der Waals surface area (Å²) < 4.78 is 0. The fourth-order valence-corrected chi connectivity index (χ4v) is 7.61. The molecule has 0 aliphatic rings. The van der Waals surface area contributed by atoms with Crippen LogP contribution >= 0.6 is 11.3 Å². The van der Waals surface area contributed by atoms with Crippen molar-refractivity contribution < 1.29 is 0 Å². The first-order valence-electron chi connectivity index (χ1n) is 16.6. The molecule has 1 heterocycles. The van der Waals surface area contributed by atoms with E-state index in [0.29, 0.717) is 0 Å². The third-order valence-corrected chi connectivity index (χ3v) is 10.2. The Morgan fingerprint density at radius 3 is 1.21 bits per heavy atom. The van der Waals surface area contributed by atoms with Gasteiger partial charge in [0.1, 0.15) is 0 Å². The molecule has 7 aromatic rings. The minimum Gasteiger partial charge on any atom is -0.134 e. The van der Waals surface area contributed by atoms with Crippen LogP contribution in [0.25, 0.3) is 54.8 Å². The van der Waals surface area contributed by atoms with Crippen molar-refractivity contribution in [3.63, 3.8) is 0 Å². The van der Waals surface area contributed by atoms with Gasteiger partial charge in [-0.15, -0.1) is 11.3 Å². The zero-order chi connectivity index (χ0) is 32.0. The SMILES string of the molecule is CCc1ccc(C(=Cc2ccc(-c3sc(-c4ccccc4)c(-c4ccccc4)c3-c3ccccc3)cc2)c2ccc(CC)cc2)cc1. The molecule has 1 heteroatoms. The summed E-state index contributed by atoms with van der Waals surface area (Å²) in [6.45, 7) is 4.42. The van der Waals surface area contributed by atoms with Crippen molar-refractivity contribution in [2.24, 2.45) is 0 Å². The van der Waals surface area contributed by atoms with Gasteiger partial charge in [-0.05, 0) is 74.6 Å². The average molecular weight is 623 g/mol. The van der Waals surface area contributed by atoms with Gasteiger partial charge in [0.25, 0.3) is 0 Å². The van der Waals surface area contributed by atoms with E-state index >= 15 is 0 Å². The van der Waals surface area contributed by atoms with Crippen molar-refractivity contribution in [3.8, 4) is 43.1 Å². The molecule has 228 valence electrons. The molecule has 0 N–H and O–H groups in total. The van der Waals surface area contributed by atoms with Crippen LogP contribution in [0.2, 0.25) is 0 Å². The Bertz CT molecular complexity index is 2030. The molecule has 0 saturated heterocycles. The molecule has 6 aromatic carbocycles. The lowest BCUT2D eigenvalue weighted by Crippen LogP contribution is -1.91. The zero-order valence-corrected chi connectivity index (χ0v) is 27.8. The summed E-state index contributed by atoms with van der Waals surface area (Å²) in [5, 5.41) is 0. The van der Waals surface area contributed by atoms with E-state index in [9.17, 15) is 0 Å². The predicted octanol–water partition coefficient (Wildman–Crippen LogP) is 13.1. The molecule has 0 aliphatic heterocycles. The highest BCUT2D eigenvalue weighted by Crippen LogP contribution is 2.52. The van der Waals surface area contributed by atoms with E-state index in [1.54, 1.807) is 0 Å². The molecule has 0 fully saturated rings. The smallest absolute Gasteiger partial charge is 0.0434 e. The van der Waals surface area contributed by atoms with Gasteiger partial charge in [-0.1, -0.05) is 178 Å². The second kappa shape index (κ2) is 14.0. The van der Waals surface area contributed by atoms with E-state index in [2.05, 4.69) is 184 Å². The van der Waals surface area contributed by atoms with Crippen LogP contribution in [0.5, 0.6) is 0 Å². The Balaban J connectivity index is 1.37. The highest BCUT2D eigenvalue weighted by Gasteiger charge is 2.23. The van der Waals surface area contributed by atoms with Gasteiger partial charge in [0, 0.05) is 20.9 Å². The van der Waals surface area contributed by atoms with Crippen molar-refractivity contribution in [1.82, 2.24) is 0 Å². The maximum Gasteiger partial charge on any atom is 0.0434 e. The molecule has 0 radical (unpaired) electrons. The maximum absolute atomic E-state index is 2.34. The molecule has 0 saturated carbocycles. The third kappa shape index (κ3) is 6.54. The first-order chi connectivity index (χ1) is 23.2. The number of hydrogen-bond acceptors (Lipinski definition) is 1. The number of aryl methyl sites for hydroxylation is 2. The lowest BCUT2D eigenvalue weighted by atomic mass is 9.91. The first kappa shape index (κ1) is 30.4. The molecule has 7 rings (SSSR count). The lowest BCUT2D eigenvalue weighted by Gasteiger charge is -2.12. The Morgan fingerprint density at radius 1 is 0.426 bits per heavy atom. The van der Waals surface area contributed by atoms with Crippen LogP contribution in [0, 0.1) is 0 Å². The van der Waals surface area contributed by atoms with Crippen LogP contribution in [0.4, 0.5) is 0 Å². The number of thiophene rings is 1. The van der Waals surface area contributed by atoms with Crippen molar-refractivity contribution in [1.29, 1.82) is 0 Å². The highest BCUT2D eigenvalue weighted by atomic mass is 32.1. The van der Waals surface area contributed by atoms with Gasteiger partial charge in [-0.25, -0.2) is 0 Å². The zero-order valence-electron chi connectivity index (χ0n) is 27.0. The molecular formula is C46H38S. The van der Waals surface area contributed by atoms with Crippen molar-refractivity contribution in [3.05, 3.63) is 192 Å². The normalized spacial score (nSPS) is 10.9. The van der Waals surface area contributed by atoms with E-state index in [-0.39, 0.29) is 0 Å². The summed E-state index contributed by atoms with van der Waals surface area (Å²) in [5.74, 6) is 0. The molecule has 47 heavy (non-hydrogen) atoms. The molecule has 0 nitrogen and oxygen atoms in total. The van der Waals surface area contributed by atoms with Gasteiger partial charge < -0.3 is 0 Å². The summed E-state index contributed by atoms with van der Waals surface area (Å²) in [4.78, 5) is 2.58. The minimum atomic E-state index is 1.04. The minimum absolute atomic E-state index is 1.04. The quantitative estimate of drug-likeness (QED) is 0.141. The number of hydrogen-bond donors (Lipinski definition) is 0. The van der Waals surface area contributed by atoms with Crippen molar-refractivity contribution in [2.45, 2.75) is 26.7 Å². The lowest BCUT2D eigenvalue weighted by molar-refractivity contribution is 1.14. The predicted molar refractivity (Wildman–Crippen MR) is 205 cm³/mol. The van der Waals surface area contributed by atoms with E-state index in [1.807, 2.05) is 11.3 Å². The van der Waals surface area contributed by atoms with E-state index in [4.69, 9.17) is 0 Å². The molecule has 0 aliphatic carbocycles. The highest BCUT2D eigenvalue weighted by molar-refractivity contribution is 7.20. The first-order valence-corrected chi connectivity index (χ1v) is 17.4. The third-order valence-electron chi connectivity index (χ3n) is 8.90. The number of benzene rings is 6. The average Bonchev–Trinajstić information content (AvgIpc) is 3.56. The van der Waals surface area contributed by atoms with Crippen LogP contribution in [-0.2, 0) is 12.8 Å². The van der Waals surface area contributed by atoms with Gasteiger partial charge in [-0.3, -0.25) is 0 Å². The van der Waals surface area contributed by atoms with Crippen molar-refractivity contribution >= 4 is 23.0 Å². The Morgan fingerprint density at radius 2 is 0.809 bits per heavy atom. The summed E-state index contributed by atoms with van der Waals surface area (Å²) in [6, 6.07) is 59.7. The van der Waals surface area contributed by atoms with Gasteiger partial charge in [0.05, 0.1) is 0 Å². The fraction of sp³-hybridized carbons (Fsp3) is 0.0870. The van der Waals surface area contributed by atoms with E-state index in [0.717, 1.165) is 12.8 Å². The van der Waals surface area contributed by atoms with Crippen LogP contribution in [-0.4, -0.2) is 0 Å². The second-order valence-corrected chi connectivity index (χ2v) is 12.9. The van der Waals surface area contributed by atoms with Crippen LogP contribution in [0.3, 0.4) is 0 Å². The topological polar surface area (TPSA) is 0 Å². The fourth-order valence-electron chi connectivity index (χ4n) is 6.26. The molecule has 0 bridgehead atoms. The second-order valence-electron chi connectivity index (χ2n) is 11.9. The van der Waals surface area contributed by atoms with Gasteiger partial charge >= 0.3 is 0 Å². The summed E-state index contributed by atoms with van der Waals surface area (Å²) >= 11 is 1.89. The summed E-state index contributed by atoms with van der Waals surface area (Å²) in [5.41, 5.74) is 15.1. The monoisotopic (exact) mass is 622 g/mol. The molecular weight excluding hydrogens is 585 g/mol. The molecule has 0 unspecified atom stereocenters. The molecule has 0 amide bonds. The summed E-state index contributed by atoms with van der Waals surface area (Å²) in [7, 11) is 0. The van der Waals surface area contributed by atoms with Gasteiger partial charge in [0.15, 0.2) is 0 Å². The van der Waals surface area contributed by atoms with Crippen molar-refractivity contribution in [2.75, 3.05) is 0 Å². The van der Waals surface area contributed by atoms with Crippen LogP contribution in [0.1, 0.15) is 41.7 Å². The summed E-state index contributed by atoms with van der Waals surface area (Å²) in [6.07, 6.45) is 4.41. The molecule has 0 atom stereocenters. The van der Waals surface area contributed by atoms with Crippen LogP contribution in [0.15, 0.2) is 164 Å². The van der Waals surface area contributed by atoms with E-state index in [1.165, 1.54) is 76.5 Å². The number of rotatable bonds is 9. The molecule has 1 aromatic heterocycles. The Kier molecular flexibility index (Phi) is 9.08. The Labute approximate surface area is 283 Å². The van der Waals surface area contributed by atoms with E-state index < -0.39 is 0 Å². The standard InChI is InChI=1S/C46H38S/c1-3-33-20-26-36(27-21-33)42(37-28-22-34(4-2)23-29-37)32-35-24-30-41(31-25-35)46-44(39-16-10-6-11-17-39)43(38-14-8-5-9-15-38)45(47-46)40-18-12-7-13-19-40/h5-32H,3-4H2,1-2H3. The maximum atomic E-state index is 2.34. The van der Waals surface area contributed by atoms with Gasteiger partial charge in [-0.2, -0.15) is 0 Å². The van der Waals surface area contributed by atoms with Gasteiger partial charge in [0.2, 0.25) is 0 Å².